The third kappa shape index (κ3) is 11.7. The van der Waals surface area contributed by atoms with Gasteiger partial charge in [0.05, 0.1) is 33.1 Å². The fourth-order valence-electron chi connectivity index (χ4n) is 18.2. The van der Waals surface area contributed by atoms with E-state index >= 15 is 0 Å². The molecule has 3 nitrogen and oxygen atoms in total. The molecule has 3 aromatic heterocycles. The number of fused-ring (bicyclic) bond motifs is 9. The second kappa shape index (κ2) is 27.4. The second-order valence-electron chi connectivity index (χ2n) is 32.2. The van der Waals surface area contributed by atoms with Gasteiger partial charge in [0.25, 0.3) is 0 Å². The summed E-state index contributed by atoms with van der Waals surface area (Å²) in [7, 11) is 0. The second-order valence-corrected chi connectivity index (χ2v) is 32.2. The van der Waals surface area contributed by atoms with Crippen molar-refractivity contribution in [2.45, 2.75) is 194 Å². The molecule has 0 aliphatic carbocycles. The molecular weight excluding hydrogens is 1290 g/mol. The summed E-state index contributed by atoms with van der Waals surface area (Å²) in [4.78, 5) is 0. The van der Waals surface area contributed by atoms with Gasteiger partial charge in [-0.1, -0.05) is 90.5 Å². The van der Waals surface area contributed by atoms with Gasteiger partial charge in [0.15, 0.2) is 0 Å². The van der Waals surface area contributed by atoms with Crippen LogP contribution in [0.5, 0.6) is 0 Å². The van der Waals surface area contributed by atoms with Crippen LogP contribution < -0.4 is 0 Å². The molecule has 0 N–H and O–H groups in total. The van der Waals surface area contributed by atoms with Crippen LogP contribution >= 0.6 is 0 Å². The molecule has 0 saturated heterocycles. The maximum Gasteiger partial charge on any atom is 0.0575 e. The van der Waals surface area contributed by atoms with Gasteiger partial charge >= 0.3 is 0 Å². The van der Waals surface area contributed by atoms with Crippen molar-refractivity contribution < 1.29 is 0 Å². The molecule has 0 amide bonds. The number of rotatable bonds is 9. The van der Waals surface area contributed by atoms with E-state index in [9.17, 15) is 0 Å². The summed E-state index contributed by atoms with van der Waals surface area (Å²) >= 11 is 0. The highest BCUT2D eigenvalue weighted by Crippen LogP contribution is 2.47. The lowest BCUT2D eigenvalue weighted by Gasteiger charge is -2.16. The Morgan fingerprint density at radius 1 is 0.187 bits per heavy atom. The van der Waals surface area contributed by atoms with Crippen LogP contribution in [0, 0.1) is 194 Å². The zero-order valence-corrected chi connectivity index (χ0v) is 69.3. The van der Waals surface area contributed by atoms with Crippen LogP contribution in [0.1, 0.15) is 178 Å². The first kappa shape index (κ1) is 73.4. The molecule has 0 aliphatic rings. The molecule has 3 heterocycles. The van der Waals surface area contributed by atoms with E-state index in [4.69, 9.17) is 0 Å². The van der Waals surface area contributed by atoms with Crippen molar-refractivity contribution in [3.63, 3.8) is 0 Å². The highest BCUT2D eigenvalue weighted by atomic mass is 15.0. The third-order valence-corrected chi connectivity index (χ3v) is 27.1. The molecule has 0 unspecified atom stereocenters. The van der Waals surface area contributed by atoms with E-state index in [1.54, 1.807) is 0 Å². The Hall–Kier alpha value is -10.5. The Kier molecular flexibility index (Phi) is 18.8. The Bertz CT molecular complexity index is 5790. The molecule has 0 bridgehead atoms. The number of aryl methyl sites for hydroxylation is 10. The van der Waals surface area contributed by atoms with E-state index in [1.807, 2.05) is 0 Å². The van der Waals surface area contributed by atoms with Crippen LogP contribution in [0.15, 0.2) is 127 Å². The van der Waals surface area contributed by atoms with Crippen LogP contribution in [0.4, 0.5) is 0 Å². The largest absolute Gasteiger partial charge is 0.309 e. The van der Waals surface area contributed by atoms with Crippen LogP contribution in [0.2, 0.25) is 0 Å². The molecule has 0 fully saturated rings. The molecule has 0 spiro atoms. The lowest BCUT2D eigenvalue weighted by Crippen LogP contribution is -2.01. The van der Waals surface area contributed by atoms with E-state index in [0.717, 1.165) is 0 Å². The van der Waals surface area contributed by atoms with Crippen molar-refractivity contribution >= 4 is 89.7 Å². The van der Waals surface area contributed by atoms with Crippen molar-refractivity contribution in [2.24, 2.45) is 0 Å². The van der Waals surface area contributed by atoms with Crippen LogP contribution in [-0.2, 0) is 0 Å². The van der Waals surface area contributed by atoms with Crippen molar-refractivity contribution in [1.82, 2.24) is 13.7 Å². The van der Waals surface area contributed by atoms with Gasteiger partial charge in [-0.2, -0.15) is 0 Å². The first-order valence-corrected chi connectivity index (χ1v) is 38.8. The van der Waals surface area contributed by atoms with E-state index in [2.05, 4.69) is 359 Å². The molecular formula is C104H109N3. The minimum absolute atomic E-state index is 1.17. The molecule has 0 atom stereocenters. The zero-order chi connectivity index (χ0) is 76.9. The summed E-state index contributed by atoms with van der Waals surface area (Å²) in [5.74, 6) is 0. The molecule has 0 saturated carbocycles. The molecule has 107 heavy (non-hydrogen) atoms. The SMILES string of the molecule is Cc1cc(/C=C/c2c(C)c(C)c(C)c(C)c2C)cc(/C=C/c2c(C)c(C)c(C)c(C)c2C)c1.Cc1ccc(-n2c3ccc(-c4ccc(-n5c6c(C)c(C)c(C)c(C)c6c6c(C)c(C)c(C)c(C)c65)cc4)cc3c3cc(-c4ccc(-n5c6c(C)c(C)c(C)c(C)c6c6c(C)c(C)c(C)c(C)c65)cc4)ccc32)cc1. The quantitative estimate of drug-likeness (QED) is 0.128. The molecule has 15 rings (SSSR count). The van der Waals surface area contributed by atoms with Crippen LogP contribution in [0.25, 0.3) is 129 Å². The summed E-state index contributed by atoms with van der Waals surface area (Å²) < 4.78 is 7.58. The smallest absolute Gasteiger partial charge is 0.0575 e. The van der Waals surface area contributed by atoms with Crippen LogP contribution in [0.3, 0.4) is 0 Å². The number of hydrogen-bond donors (Lipinski definition) is 0. The summed E-state index contributed by atoms with van der Waals surface area (Å²) in [5, 5.41) is 8.08. The van der Waals surface area contributed by atoms with E-state index < -0.39 is 0 Å². The van der Waals surface area contributed by atoms with Gasteiger partial charge in [-0.25, -0.2) is 0 Å². The van der Waals surface area contributed by atoms with Gasteiger partial charge in [-0.05, 0) is 455 Å². The Labute approximate surface area is 638 Å². The normalized spacial score (nSPS) is 12.0. The average molecular weight is 1400 g/mol. The highest BCUT2D eigenvalue weighted by molar-refractivity contribution is 6.17. The maximum absolute atomic E-state index is 2.57. The third-order valence-electron chi connectivity index (χ3n) is 27.1. The predicted molar refractivity (Wildman–Crippen MR) is 470 cm³/mol. The highest BCUT2D eigenvalue weighted by Gasteiger charge is 2.27. The Morgan fingerprint density at radius 3 is 0.729 bits per heavy atom. The summed E-state index contributed by atoms with van der Waals surface area (Å²) in [6.07, 6.45) is 9.13. The Balaban J connectivity index is 0.000000244. The van der Waals surface area contributed by atoms with Crippen LogP contribution in [-0.4, -0.2) is 13.7 Å². The molecule has 3 heteroatoms. The zero-order valence-electron chi connectivity index (χ0n) is 69.3. The van der Waals surface area contributed by atoms with Gasteiger partial charge in [-0.3, -0.25) is 0 Å². The average Bonchev–Trinajstić information content (AvgIpc) is 1.55. The molecule has 0 radical (unpaired) electrons. The van der Waals surface area contributed by atoms with Crippen molar-refractivity contribution in [1.29, 1.82) is 0 Å². The number of aromatic nitrogens is 3. The fraction of sp³-hybridized carbons (Fsp3) is 0.269. The molecule has 0 aliphatic heterocycles. The van der Waals surface area contributed by atoms with Gasteiger partial charge in [0, 0.05) is 49.4 Å². The minimum atomic E-state index is 1.17. The Morgan fingerprint density at radius 2 is 0.430 bits per heavy atom. The van der Waals surface area contributed by atoms with Gasteiger partial charge in [0.2, 0.25) is 0 Å². The van der Waals surface area contributed by atoms with Crippen molar-refractivity contribution in [3.05, 3.63) is 305 Å². The lowest BCUT2D eigenvalue weighted by atomic mass is 9.89. The lowest BCUT2D eigenvalue weighted by molar-refractivity contribution is 1.13. The summed E-state index contributed by atoms with van der Waals surface area (Å²) in [5.41, 5.74) is 59.9. The molecule has 12 aromatic carbocycles. The fourth-order valence-corrected chi connectivity index (χ4v) is 18.2. The minimum Gasteiger partial charge on any atom is -0.309 e. The molecule has 15 aromatic rings. The number of benzene rings is 12. The van der Waals surface area contributed by atoms with Crippen molar-refractivity contribution in [2.75, 3.05) is 0 Å². The number of hydrogen-bond acceptors (Lipinski definition) is 0. The van der Waals surface area contributed by atoms with E-state index in [-0.39, 0.29) is 0 Å². The van der Waals surface area contributed by atoms with Crippen molar-refractivity contribution in [3.8, 4) is 39.3 Å². The standard InChI is InChI=1S/C71H69N3.C33H40/c1-36-18-26-57(27-19-36)72-62-32-24-55(53-20-28-58(29-21-53)73-68-49(14)41(6)37(2)45(10)64(68)65-46(11)38(3)42(7)50(15)69(65)73)34-60(62)61-35-56(25-33-63(61)72)54-22-30-59(31-23-54)74-70-51(16)43(8)39(4)47(12)66(70)67-48(13)40(5)44(9)52(17)71(67)74;1-19-16-30(12-14-32-26(8)22(4)20(2)23(5)27(32)9)18-31(17-19)13-15-33-28(10)24(6)21(3)25(7)29(33)11/h18-35H,1-17H3;12-18H,1-11H3/b;14-12+,15-13+. The topological polar surface area (TPSA) is 14.8 Å². The van der Waals surface area contributed by atoms with Gasteiger partial charge in [-0.15, -0.1) is 0 Å². The predicted octanol–water partition coefficient (Wildman–Crippen LogP) is 29.0. The van der Waals surface area contributed by atoms with Gasteiger partial charge < -0.3 is 13.7 Å². The first-order chi connectivity index (χ1) is 50.7. The molecule has 540 valence electrons. The van der Waals surface area contributed by atoms with E-state index in [0.29, 0.717) is 0 Å². The summed E-state index contributed by atoms with van der Waals surface area (Å²) in [6.45, 7) is 63.7. The van der Waals surface area contributed by atoms with Gasteiger partial charge in [0.1, 0.15) is 0 Å². The maximum atomic E-state index is 2.57. The van der Waals surface area contributed by atoms with E-state index in [1.165, 1.54) is 283 Å². The first-order valence-electron chi connectivity index (χ1n) is 38.8. The number of nitrogens with zero attached hydrogens (tertiary/aromatic N) is 3. The summed E-state index contributed by atoms with van der Waals surface area (Å²) in [6, 6.07) is 48.6. The monoisotopic (exact) mass is 1400 g/mol.